The molecule has 1 rings (SSSR count). The van der Waals surface area contributed by atoms with Crippen LogP contribution in [0.15, 0.2) is 4.47 Å². The first-order valence-corrected chi connectivity index (χ1v) is 7.23. The molecule has 0 bridgehead atoms. The summed E-state index contributed by atoms with van der Waals surface area (Å²) in [7, 11) is 1.71. The molecule has 1 aromatic heterocycles. The van der Waals surface area contributed by atoms with Gasteiger partial charge in [-0.05, 0) is 35.7 Å². The number of nitrogens with one attached hydrogen (secondary N) is 1. The van der Waals surface area contributed by atoms with E-state index in [0.717, 1.165) is 47.6 Å². The highest BCUT2D eigenvalue weighted by Crippen LogP contribution is 2.24. The predicted molar refractivity (Wildman–Crippen MR) is 78.1 cm³/mol. The summed E-state index contributed by atoms with van der Waals surface area (Å²) in [5.41, 5.74) is 1.04. The lowest BCUT2D eigenvalue weighted by Gasteiger charge is -2.13. The van der Waals surface area contributed by atoms with Crippen molar-refractivity contribution in [2.24, 2.45) is 0 Å². The fraction of sp³-hybridized carbons (Fsp3) is 0.692. The molecule has 1 aromatic rings. The Bertz CT molecular complexity index is 385. The number of aryl methyl sites for hydroxylation is 1. The van der Waals surface area contributed by atoms with E-state index in [1.807, 2.05) is 6.92 Å². The van der Waals surface area contributed by atoms with E-state index in [-0.39, 0.29) is 6.10 Å². The van der Waals surface area contributed by atoms with Crippen molar-refractivity contribution in [3.63, 3.8) is 0 Å². The van der Waals surface area contributed by atoms with Gasteiger partial charge in [0.2, 0.25) is 0 Å². The van der Waals surface area contributed by atoms with Crippen molar-refractivity contribution in [2.45, 2.75) is 46.1 Å². The summed E-state index contributed by atoms with van der Waals surface area (Å²) in [6.07, 6.45) is 2.83. The number of halogens is 1. The first kappa shape index (κ1) is 15.4. The molecule has 0 saturated heterocycles. The molecule has 0 amide bonds. The molecule has 0 aliphatic heterocycles. The van der Waals surface area contributed by atoms with Crippen LogP contribution in [0.2, 0.25) is 0 Å². The summed E-state index contributed by atoms with van der Waals surface area (Å²) in [5, 5.41) is 3.33. The van der Waals surface area contributed by atoms with Gasteiger partial charge in [-0.15, -0.1) is 0 Å². The first-order valence-electron chi connectivity index (χ1n) is 6.44. The normalized spacial score (nSPS) is 12.5. The highest BCUT2D eigenvalue weighted by atomic mass is 79.9. The van der Waals surface area contributed by atoms with Gasteiger partial charge < -0.3 is 10.1 Å². The molecule has 1 N–H and O–H groups in total. The molecular formula is C13H22BrN3O. The standard InChI is InChI=1S/C13H22BrN3O/c1-5-7-15-13-12(14)10(6-2)16-11(17-13)8-9(3)18-4/h9H,5-8H2,1-4H3,(H,15,16,17). The van der Waals surface area contributed by atoms with E-state index in [0.29, 0.717) is 0 Å². The third-order valence-electron chi connectivity index (χ3n) is 2.72. The predicted octanol–water partition coefficient (Wildman–Crippen LogP) is 3.20. The van der Waals surface area contributed by atoms with E-state index in [1.54, 1.807) is 7.11 Å². The highest BCUT2D eigenvalue weighted by Gasteiger charge is 2.12. The zero-order chi connectivity index (χ0) is 13.5. The van der Waals surface area contributed by atoms with Gasteiger partial charge in [-0.3, -0.25) is 0 Å². The molecule has 1 atom stereocenters. The maximum Gasteiger partial charge on any atom is 0.144 e. The molecule has 0 aliphatic carbocycles. The minimum absolute atomic E-state index is 0.134. The Kier molecular flexibility index (Phi) is 6.57. The van der Waals surface area contributed by atoms with Crippen LogP contribution in [0.4, 0.5) is 5.82 Å². The van der Waals surface area contributed by atoms with Gasteiger partial charge in [-0.2, -0.15) is 0 Å². The lowest BCUT2D eigenvalue weighted by Crippen LogP contribution is -2.14. The van der Waals surface area contributed by atoms with Crippen molar-refractivity contribution in [3.05, 3.63) is 16.0 Å². The number of hydrogen-bond donors (Lipinski definition) is 1. The van der Waals surface area contributed by atoms with Crippen molar-refractivity contribution in [2.75, 3.05) is 19.0 Å². The van der Waals surface area contributed by atoms with Crippen LogP contribution in [0.3, 0.4) is 0 Å². The highest BCUT2D eigenvalue weighted by molar-refractivity contribution is 9.10. The zero-order valence-electron chi connectivity index (χ0n) is 11.6. The van der Waals surface area contributed by atoms with Gasteiger partial charge in [0.1, 0.15) is 11.6 Å². The Morgan fingerprint density at radius 1 is 1.33 bits per heavy atom. The number of aromatic nitrogens is 2. The van der Waals surface area contributed by atoms with Crippen molar-refractivity contribution in [1.82, 2.24) is 9.97 Å². The van der Waals surface area contributed by atoms with Crippen LogP contribution in [0.5, 0.6) is 0 Å². The number of anilines is 1. The first-order chi connectivity index (χ1) is 8.62. The molecular weight excluding hydrogens is 294 g/mol. The van der Waals surface area contributed by atoms with E-state index >= 15 is 0 Å². The van der Waals surface area contributed by atoms with Gasteiger partial charge in [0, 0.05) is 20.1 Å². The number of hydrogen-bond acceptors (Lipinski definition) is 4. The molecule has 0 fully saturated rings. The summed E-state index contributed by atoms with van der Waals surface area (Å²) in [4.78, 5) is 9.13. The van der Waals surface area contributed by atoms with Crippen LogP contribution >= 0.6 is 15.9 Å². The average Bonchev–Trinajstić information content (AvgIpc) is 2.38. The van der Waals surface area contributed by atoms with Crippen LogP contribution < -0.4 is 5.32 Å². The lowest BCUT2D eigenvalue weighted by molar-refractivity contribution is 0.117. The molecule has 102 valence electrons. The minimum Gasteiger partial charge on any atom is -0.381 e. The Labute approximate surface area is 118 Å². The van der Waals surface area contributed by atoms with Gasteiger partial charge in [-0.25, -0.2) is 9.97 Å². The molecule has 1 unspecified atom stereocenters. The second-order valence-electron chi connectivity index (χ2n) is 4.28. The van der Waals surface area contributed by atoms with Gasteiger partial charge in [0.25, 0.3) is 0 Å². The summed E-state index contributed by atoms with van der Waals surface area (Å²) in [6.45, 7) is 7.17. The quantitative estimate of drug-likeness (QED) is 0.839. The summed E-state index contributed by atoms with van der Waals surface area (Å²) < 4.78 is 6.25. The number of methoxy groups -OCH3 is 1. The fourth-order valence-electron chi connectivity index (χ4n) is 1.57. The lowest BCUT2D eigenvalue weighted by atomic mass is 10.2. The Morgan fingerprint density at radius 3 is 2.61 bits per heavy atom. The van der Waals surface area contributed by atoms with E-state index in [9.17, 15) is 0 Å². The smallest absolute Gasteiger partial charge is 0.144 e. The molecule has 18 heavy (non-hydrogen) atoms. The second kappa shape index (κ2) is 7.69. The van der Waals surface area contributed by atoms with Crippen LogP contribution in [0.1, 0.15) is 38.7 Å². The van der Waals surface area contributed by atoms with E-state index < -0.39 is 0 Å². The van der Waals surface area contributed by atoms with Gasteiger partial charge in [0.05, 0.1) is 16.3 Å². The van der Waals surface area contributed by atoms with Crippen molar-refractivity contribution >= 4 is 21.7 Å². The topological polar surface area (TPSA) is 47.0 Å². The number of rotatable bonds is 7. The van der Waals surface area contributed by atoms with E-state index in [4.69, 9.17) is 4.74 Å². The van der Waals surface area contributed by atoms with Crippen LogP contribution in [0, 0.1) is 0 Å². The molecule has 5 heteroatoms. The van der Waals surface area contributed by atoms with Crippen molar-refractivity contribution in [3.8, 4) is 0 Å². The molecule has 4 nitrogen and oxygen atoms in total. The van der Waals surface area contributed by atoms with Gasteiger partial charge >= 0.3 is 0 Å². The molecule has 0 radical (unpaired) electrons. The Morgan fingerprint density at radius 2 is 2.06 bits per heavy atom. The largest absolute Gasteiger partial charge is 0.381 e. The van der Waals surface area contributed by atoms with Gasteiger partial charge in [-0.1, -0.05) is 13.8 Å². The molecule has 0 aliphatic rings. The third kappa shape index (κ3) is 4.21. The van der Waals surface area contributed by atoms with E-state index in [2.05, 4.69) is 45.1 Å². The van der Waals surface area contributed by atoms with Crippen LogP contribution in [-0.2, 0) is 17.6 Å². The van der Waals surface area contributed by atoms with Gasteiger partial charge in [0.15, 0.2) is 0 Å². The Hall–Kier alpha value is -0.680. The summed E-state index contributed by atoms with van der Waals surface area (Å²) in [5.74, 6) is 1.73. The maximum atomic E-state index is 5.27. The number of ether oxygens (including phenoxy) is 1. The fourth-order valence-corrected chi connectivity index (χ4v) is 2.17. The molecule has 0 saturated carbocycles. The third-order valence-corrected chi connectivity index (χ3v) is 3.55. The Balaban J connectivity index is 2.97. The maximum absolute atomic E-state index is 5.27. The van der Waals surface area contributed by atoms with Crippen molar-refractivity contribution < 1.29 is 4.74 Å². The van der Waals surface area contributed by atoms with Crippen LogP contribution in [-0.4, -0.2) is 29.7 Å². The average molecular weight is 316 g/mol. The number of nitrogens with zero attached hydrogens (tertiary/aromatic N) is 2. The SMILES string of the molecule is CCCNc1nc(CC(C)OC)nc(CC)c1Br. The second-order valence-corrected chi connectivity index (χ2v) is 5.07. The summed E-state index contributed by atoms with van der Waals surface area (Å²) in [6, 6.07) is 0. The summed E-state index contributed by atoms with van der Waals surface area (Å²) >= 11 is 3.57. The zero-order valence-corrected chi connectivity index (χ0v) is 13.2. The van der Waals surface area contributed by atoms with Crippen LogP contribution in [0.25, 0.3) is 0 Å². The molecule has 0 spiro atoms. The van der Waals surface area contributed by atoms with E-state index in [1.165, 1.54) is 0 Å². The van der Waals surface area contributed by atoms with Crippen molar-refractivity contribution in [1.29, 1.82) is 0 Å². The molecule has 0 aromatic carbocycles. The minimum atomic E-state index is 0.134. The molecule has 1 heterocycles. The monoisotopic (exact) mass is 315 g/mol.